The van der Waals surface area contributed by atoms with E-state index in [4.69, 9.17) is 0 Å². The molecular weight excluding hydrogens is 365 g/mol. The number of hydrogen-bond acceptors (Lipinski definition) is 2. The Hall–Kier alpha value is -3.66. The predicted molar refractivity (Wildman–Crippen MR) is 112 cm³/mol. The normalized spacial score (nSPS) is 11.9. The highest BCUT2D eigenvalue weighted by Crippen LogP contribution is 2.35. The first-order chi connectivity index (χ1) is 14.1. The Kier molecular flexibility index (Phi) is 5.25. The molecule has 0 bridgehead atoms. The third-order valence-corrected chi connectivity index (χ3v) is 4.95. The second-order valence-electron chi connectivity index (χ2n) is 6.93. The van der Waals surface area contributed by atoms with E-state index in [1.165, 1.54) is 12.1 Å². The minimum absolute atomic E-state index is 0.120. The van der Waals surface area contributed by atoms with E-state index in [0.29, 0.717) is 5.56 Å². The van der Waals surface area contributed by atoms with Crippen LogP contribution >= 0.6 is 0 Å². The molecule has 2 N–H and O–H groups in total. The van der Waals surface area contributed by atoms with E-state index in [1.807, 2.05) is 60.7 Å². The maximum Gasteiger partial charge on any atom is 0.225 e. The molecule has 4 aromatic carbocycles. The Bertz CT molecular complexity index is 1140. The number of amides is 1. The summed E-state index contributed by atoms with van der Waals surface area (Å²) in [6.45, 7) is 0. The maximum atomic E-state index is 13.1. The first-order valence-corrected chi connectivity index (χ1v) is 9.41. The van der Waals surface area contributed by atoms with Crippen LogP contribution in [0.4, 0.5) is 4.39 Å². The van der Waals surface area contributed by atoms with Crippen LogP contribution in [0.3, 0.4) is 0 Å². The van der Waals surface area contributed by atoms with Crippen LogP contribution in [0.5, 0.6) is 5.75 Å². The van der Waals surface area contributed by atoms with Crippen LogP contribution in [-0.2, 0) is 11.2 Å². The second-order valence-corrected chi connectivity index (χ2v) is 6.93. The van der Waals surface area contributed by atoms with E-state index in [0.717, 1.165) is 21.9 Å². The zero-order chi connectivity index (χ0) is 20.2. The summed E-state index contributed by atoms with van der Waals surface area (Å²) in [5, 5.41) is 15.6. The van der Waals surface area contributed by atoms with Crippen LogP contribution in [0.25, 0.3) is 10.8 Å². The number of hydrogen-bond donors (Lipinski definition) is 2. The fourth-order valence-electron chi connectivity index (χ4n) is 3.55. The van der Waals surface area contributed by atoms with Crippen molar-refractivity contribution in [1.29, 1.82) is 0 Å². The van der Waals surface area contributed by atoms with E-state index >= 15 is 0 Å². The van der Waals surface area contributed by atoms with Crippen molar-refractivity contribution in [2.75, 3.05) is 0 Å². The van der Waals surface area contributed by atoms with E-state index < -0.39 is 6.04 Å². The molecule has 3 nitrogen and oxygen atoms in total. The van der Waals surface area contributed by atoms with Gasteiger partial charge in [-0.3, -0.25) is 4.79 Å². The number of phenols is 1. The molecule has 1 amide bonds. The number of fused-ring (bicyclic) bond motifs is 1. The summed E-state index contributed by atoms with van der Waals surface area (Å²) in [6, 6.07) is 26.2. The number of carbonyl (C=O) groups is 1. The predicted octanol–water partition coefficient (Wildman–Crippen LogP) is 5.13. The van der Waals surface area contributed by atoms with Crippen LogP contribution in [0, 0.1) is 5.82 Å². The number of rotatable bonds is 5. The molecule has 4 aromatic rings. The molecule has 0 aliphatic carbocycles. The van der Waals surface area contributed by atoms with E-state index in [1.54, 1.807) is 18.2 Å². The summed E-state index contributed by atoms with van der Waals surface area (Å²) >= 11 is 0. The molecule has 0 fully saturated rings. The summed E-state index contributed by atoms with van der Waals surface area (Å²) in [7, 11) is 0. The van der Waals surface area contributed by atoms with Gasteiger partial charge in [0.1, 0.15) is 11.6 Å². The SMILES string of the molecule is O=C(Cc1ccc(F)cc1)NC(c1ccccc1)c1c(O)ccc2ccccc12. The van der Waals surface area contributed by atoms with Gasteiger partial charge in [-0.05, 0) is 40.1 Å². The van der Waals surface area contributed by atoms with Gasteiger partial charge in [-0.1, -0.05) is 72.8 Å². The lowest BCUT2D eigenvalue weighted by Gasteiger charge is -2.22. The lowest BCUT2D eigenvalue weighted by atomic mass is 9.92. The van der Waals surface area contributed by atoms with Crippen LogP contribution in [0.15, 0.2) is 91.0 Å². The summed E-state index contributed by atoms with van der Waals surface area (Å²) in [4.78, 5) is 12.8. The second kappa shape index (κ2) is 8.15. The molecule has 0 saturated heterocycles. The molecule has 0 radical (unpaired) electrons. The van der Waals surface area contributed by atoms with Gasteiger partial charge in [-0.25, -0.2) is 4.39 Å². The van der Waals surface area contributed by atoms with Crippen LogP contribution in [-0.4, -0.2) is 11.0 Å². The number of benzene rings is 4. The van der Waals surface area contributed by atoms with Crippen molar-refractivity contribution in [2.24, 2.45) is 0 Å². The van der Waals surface area contributed by atoms with Crippen molar-refractivity contribution < 1.29 is 14.3 Å². The topological polar surface area (TPSA) is 49.3 Å². The van der Waals surface area contributed by atoms with Crippen molar-refractivity contribution >= 4 is 16.7 Å². The van der Waals surface area contributed by atoms with Crippen molar-refractivity contribution in [2.45, 2.75) is 12.5 Å². The molecule has 0 aliphatic rings. The van der Waals surface area contributed by atoms with Crippen molar-refractivity contribution in [3.05, 3.63) is 114 Å². The average Bonchev–Trinajstić information content (AvgIpc) is 2.75. The number of aromatic hydroxyl groups is 1. The van der Waals surface area contributed by atoms with Gasteiger partial charge in [0.25, 0.3) is 0 Å². The smallest absolute Gasteiger partial charge is 0.225 e. The van der Waals surface area contributed by atoms with Crippen molar-refractivity contribution in [1.82, 2.24) is 5.32 Å². The number of carbonyl (C=O) groups excluding carboxylic acids is 1. The van der Waals surface area contributed by atoms with Crippen LogP contribution in [0.1, 0.15) is 22.7 Å². The average molecular weight is 385 g/mol. The third-order valence-electron chi connectivity index (χ3n) is 4.95. The molecule has 0 heterocycles. The Morgan fingerprint density at radius 1 is 0.862 bits per heavy atom. The summed E-state index contributed by atoms with van der Waals surface area (Å²) in [6.07, 6.45) is 0.120. The Labute approximate surface area is 168 Å². The molecule has 4 heteroatoms. The van der Waals surface area contributed by atoms with Gasteiger partial charge in [0.15, 0.2) is 0 Å². The van der Waals surface area contributed by atoms with Gasteiger partial charge in [0.05, 0.1) is 12.5 Å². The minimum atomic E-state index is -0.518. The van der Waals surface area contributed by atoms with Gasteiger partial charge >= 0.3 is 0 Å². The van der Waals surface area contributed by atoms with Gasteiger partial charge in [-0.2, -0.15) is 0 Å². The Morgan fingerprint density at radius 2 is 1.55 bits per heavy atom. The Morgan fingerprint density at radius 3 is 2.31 bits per heavy atom. The molecule has 0 aliphatic heterocycles. The molecule has 144 valence electrons. The monoisotopic (exact) mass is 385 g/mol. The van der Waals surface area contributed by atoms with Gasteiger partial charge < -0.3 is 10.4 Å². The summed E-state index contributed by atoms with van der Waals surface area (Å²) < 4.78 is 13.1. The quantitative estimate of drug-likeness (QED) is 0.500. The highest BCUT2D eigenvalue weighted by Gasteiger charge is 2.22. The van der Waals surface area contributed by atoms with Crippen molar-refractivity contribution in [3.8, 4) is 5.75 Å². The molecule has 1 atom stereocenters. The number of nitrogens with one attached hydrogen (secondary N) is 1. The standard InChI is InChI=1S/C25H20FNO2/c26-20-13-10-17(11-14-20)16-23(29)27-25(19-7-2-1-3-8-19)24-21-9-5-4-6-18(21)12-15-22(24)28/h1-15,25,28H,16H2,(H,27,29). The molecule has 29 heavy (non-hydrogen) atoms. The maximum absolute atomic E-state index is 13.1. The first kappa shape index (κ1) is 18.7. The highest BCUT2D eigenvalue weighted by molar-refractivity contribution is 5.89. The largest absolute Gasteiger partial charge is 0.508 e. The molecule has 0 spiro atoms. The summed E-state index contributed by atoms with van der Waals surface area (Å²) in [5.41, 5.74) is 2.24. The van der Waals surface area contributed by atoms with Crippen LogP contribution in [0.2, 0.25) is 0 Å². The lowest BCUT2D eigenvalue weighted by molar-refractivity contribution is -0.120. The fraction of sp³-hybridized carbons (Fsp3) is 0.0800. The first-order valence-electron chi connectivity index (χ1n) is 9.41. The van der Waals surface area contributed by atoms with Gasteiger partial charge in [0, 0.05) is 5.56 Å². The number of phenolic OH excluding ortho intramolecular Hbond substituents is 1. The molecule has 0 saturated carbocycles. The Balaban J connectivity index is 1.73. The minimum Gasteiger partial charge on any atom is -0.508 e. The molecular formula is C25H20FNO2. The molecule has 1 unspecified atom stereocenters. The molecule has 4 rings (SSSR count). The summed E-state index contributed by atoms with van der Waals surface area (Å²) in [5.74, 6) is -0.422. The van der Waals surface area contributed by atoms with E-state index in [2.05, 4.69) is 5.32 Å². The third kappa shape index (κ3) is 4.11. The van der Waals surface area contributed by atoms with Crippen molar-refractivity contribution in [3.63, 3.8) is 0 Å². The van der Waals surface area contributed by atoms with Gasteiger partial charge in [0.2, 0.25) is 5.91 Å². The van der Waals surface area contributed by atoms with Crippen LogP contribution < -0.4 is 5.32 Å². The highest BCUT2D eigenvalue weighted by atomic mass is 19.1. The van der Waals surface area contributed by atoms with Gasteiger partial charge in [-0.15, -0.1) is 0 Å². The lowest BCUT2D eigenvalue weighted by Crippen LogP contribution is -2.30. The zero-order valence-electron chi connectivity index (χ0n) is 15.7. The van der Waals surface area contributed by atoms with E-state index in [9.17, 15) is 14.3 Å². The molecule has 0 aromatic heterocycles. The number of halogens is 1. The van der Waals surface area contributed by atoms with E-state index in [-0.39, 0.29) is 23.9 Å². The zero-order valence-corrected chi connectivity index (χ0v) is 15.7. The fourth-order valence-corrected chi connectivity index (χ4v) is 3.55.